The Bertz CT molecular complexity index is 800. The molecule has 2 aromatic carbocycles. The summed E-state index contributed by atoms with van der Waals surface area (Å²) in [4.78, 5) is -0.0417. The molecule has 0 fully saturated rings. The second-order valence-electron chi connectivity index (χ2n) is 3.66. The fourth-order valence-electron chi connectivity index (χ4n) is 1.60. The van der Waals surface area contributed by atoms with E-state index in [1.807, 2.05) is 25.1 Å². The predicted molar refractivity (Wildman–Crippen MR) is 68.2 cm³/mol. The van der Waals surface area contributed by atoms with E-state index >= 15 is 0 Å². The van der Waals surface area contributed by atoms with Crippen LogP contribution in [0.15, 0.2) is 41.3 Å². The average Bonchev–Trinajstić information content (AvgIpc) is 2.25. The van der Waals surface area contributed by atoms with E-state index in [9.17, 15) is 8.42 Å². The number of rotatable bonds is 1. The Morgan fingerprint density at radius 2 is 1.63 bits per heavy atom. The summed E-state index contributed by atoms with van der Waals surface area (Å²) in [7, 11) is -7.25. The van der Waals surface area contributed by atoms with E-state index in [-0.39, 0.29) is 4.90 Å². The smallest absolute Gasteiger partial charge is 0.282 e. The summed E-state index contributed by atoms with van der Waals surface area (Å²) in [6.07, 6.45) is 0. The summed E-state index contributed by atoms with van der Waals surface area (Å²) in [5.74, 6) is 0. The number of benzene rings is 2. The van der Waals surface area contributed by atoms with Crippen LogP contribution in [-0.4, -0.2) is 25.6 Å². The Morgan fingerprint density at radius 1 is 1.05 bits per heavy atom. The monoisotopic (exact) mass is 302 g/mol. The van der Waals surface area contributed by atoms with Crippen molar-refractivity contribution in [1.29, 1.82) is 0 Å². The molecule has 102 valence electrons. The SMILES string of the molecule is Cc1ccc2c(S(=O)(=O)O)cccc2c1.O=S(=O)=O. The van der Waals surface area contributed by atoms with Crippen LogP contribution in [-0.2, 0) is 20.7 Å². The largest absolute Gasteiger partial charge is 0.425 e. The predicted octanol–water partition coefficient (Wildman–Crippen LogP) is 1.39. The van der Waals surface area contributed by atoms with Crippen molar-refractivity contribution >= 4 is 31.5 Å². The minimum absolute atomic E-state index is 0.0417. The summed E-state index contributed by atoms with van der Waals surface area (Å²) in [5.41, 5.74) is 1.05. The Balaban J connectivity index is 0.000000399. The lowest BCUT2D eigenvalue weighted by molar-refractivity contribution is 0.484. The van der Waals surface area contributed by atoms with Crippen molar-refractivity contribution in [3.63, 3.8) is 0 Å². The van der Waals surface area contributed by atoms with E-state index in [0.717, 1.165) is 10.9 Å². The van der Waals surface area contributed by atoms with Gasteiger partial charge >= 0.3 is 10.6 Å². The van der Waals surface area contributed by atoms with Gasteiger partial charge in [-0.15, -0.1) is 12.6 Å². The van der Waals surface area contributed by atoms with Gasteiger partial charge in [-0.1, -0.05) is 35.9 Å². The normalized spacial score (nSPS) is 10.6. The molecule has 2 aromatic rings. The highest BCUT2D eigenvalue weighted by Crippen LogP contribution is 2.23. The molecule has 1 N–H and O–H groups in total. The molecule has 2 rings (SSSR count). The number of hydrogen-bond acceptors (Lipinski definition) is 5. The van der Waals surface area contributed by atoms with Gasteiger partial charge in [-0.05, 0) is 18.4 Å². The van der Waals surface area contributed by atoms with Gasteiger partial charge in [0.25, 0.3) is 10.1 Å². The quantitative estimate of drug-likeness (QED) is 0.798. The average molecular weight is 302 g/mol. The maximum atomic E-state index is 11.1. The van der Waals surface area contributed by atoms with E-state index in [1.54, 1.807) is 12.1 Å². The molecule has 6 nitrogen and oxygen atoms in total. The second kappa shape index (κ2) is 5.91. The Kier molecular flexibility index (Phi) is 4.76. The molecule has 0 aliphatic heterocycles. The molecule has 0 bridgehead atoms. The van der Waals surface area contributed by atoms with Gasteiger partial charge in [0.15, 0.2) is 0 Å². The van der Waals surface area contributed by atoms with Crippen LogP contribution in [0.3, 0.4) is 0 Å². The third-order valence-electron chi connectivity index (χ3n) is 2.27. The molecule has 0 heterocycles. The minimum Gasteiger partial charge on any atom is -0.282 e. The molecule has 0 saturated heterocycles. The number of aryl methyl sites for hydroxylation is 1. The summed E-state index contributed by atoms with van der Waals surface area (Å²) in [6, 6.07) is 10.2. The fraction of sp³-hybridized carbons (Fsp3) is 0.0909. The molecule has 19 heavy (non-hydrogen) atoms. The Labute approximate surface area is 111 Å². The van der Waals surface area contributed by atoms with E-state index in [4.69, 9.17) is 17.2 Å². The summed E-state index contributed by atoms with van der Waals surface area (Å²) >= 11 is 0. The van der Waals surface area contributed by atoms with Gasteiger partial charge < -0.3 is 0 Å². The van der Waals surface area contributed by atoms with Crippen LogP contribution in [0.4, 0.5) is 0 Å². The molecule has 0 unspecified atom stereocenters. The third-order valence-corrected chi connectivity index (χ3v) is 3.19. The van der Waals surface area contributed by atoms with E-state index in [1.165, 1.54) is 6.07 Å². The molecule has 0 saturated carbocycles. The molecule has 8 heteroatoms. The molecule has 0 aromatic heterocycles. The Morgan fingerprint density at radius 3 is 2.16 bits per heavy atom. The van der Waals surface area contributed by atoms with E-state index in [0.29, 0.717) is 5.39 Å². The maximum Gasteiger partial charge on any atom is 0.425 e. The van der Waals surface area contributed by atoms with Crippen LogP contribution >= 0.6 is 0 Å². The third kappa shape index (κ3) is 4.43. The zero-order valence-corrected chi connectivity index (χ0v) is 11.4. The van der Waals surface area contributed by atoms with Crippen molar-refractivity contribution < 1.29 is 25.6 Å². The zero-order valence-electron chi connectivity index (χ0n) is 9.77. The highest BCUT2D eigenvalue weighted by atomic mass is 32.2. The molecule has 0 radical (unpaired) electrons. The Hall–Kier alpha value is -1.77. The van der Waals surface area contributed by atoms with Gasteiger partial charge in [0.05, 0.1) is 0 Å². The van der Waals surface area contributed by atoms with E-state index < -0.39 is 20.7 Å². The molecule has 0 atom stereocenters. The summed E-state index contributed by atoms with van der Waals surface area (Å²) < 4.78 is 56.5. The zero-order chi connectivity index (χ0) is 14.6. The van der Waals surface area contributed by atoms with Crippen molar-refractivity contribution in [3.05, 3.63) is 42.0 Å². The first-order valence-electron chi connectivity index (χ1n) is 4.95. The minimum atomic E-state index is -4.14. The number of fused-ring (bicyclic) bond motifs is 1. The van der Waals surface area contributed by atoms with Gasteiger partial charge in [0, 0.05) is 5.39 Å². The standard InChI is InChI=1S/C11H10O3S.O3S/c1-8-5-6-10-9(7-8)3-2-4-11(10)15(12,13)14;1-4(2)3/h2-7H,1H3,(H,12,13,14);. The topological polar surface area (TPSA) is 106 Å². The van der Waals surface area contributed by atoms with Crippen LogP contribution in [0.2, 0.25) is 0 Å². The number of hydrogen-bond donors (Lipinski definition) is 1. The van der Waals surface area contributed by atoms with E-state index in [2.05, 4.69) is 0 Å². The van der Waals surface area contributed by atoms with Gasteiger partial charge in [0.1, 0.15) is 4.90 Å². The van der Waals surface area contributed by atoms with Crippen LogP contribution in [0.5, 0.6) is 0 Å². The highest BCUT2D eigenvalue weighted by Gasteiger charge is 2.12. The van der Waals surface area contributed by atoms with Crippen LogP contribution < -0.4 is 0 Å². The van der Waals surface area contributed by atoms with Gasteiger partial charge in [-0.25, -0.2) is 0 Å². The van der Waals surface area contributed by atoms with Gasteiger partial charge in [0.2, 0.25) is 0 Å². The molecule has 0 aliphatic rings. The second-order valence-corrected chi connectivity index (χ2v) is 5.46. The maximum absolute atomic E-state index is 11.1. The lowest BCUT2D eigenvalue weighted by Crippen LogP contribution is -1.98. The van der Waals surface area contributed by atoms with Crippen molar-refractivity contribution in [3.8, 4) is 0 Å². The van der Waals surface area contributed by atoms with Crippen LogP contribution in [0, 0.1) is 6.92 Å². The van der Waals surface area contributed by atoms with Crippen molar-refractivity contribution in [1.82, 2.24) is 0 Å². The molecule has 0 spiro atoms. The van der Waals surface area contributed by atoms with Crippen molar-refractivity contribution in [2.75, 3.05) is 0 Å². The molecule has 0 aliphatic carbocycles. The first-order valence-corrected chi connectivity index (χ1v) is 7.39. The van der Waals surface area contributed by atoms with Crippen LogP contribution in [0.25, 0.3) is 10.8 Å². The molecular weight excluding hydrogens is 292 g/mol. The van der Waals surface area contributed by atoms with Crippen molar-refractivity contribution in [2.45, 2.75) is 11.8 Å². The summed E-state index contributed by atoms with van der Waals surface area (Å²) in [6.45, 7) is 1.93. The van der Waals surface area contributed by atoms with Gasteiger partial charge in [-0.3, -0.25) is 4.55 Å². The lowest BCUT2D eigenvalue weighted by atomic mass is 10.1. The van der Waals surface area contributed by atoms with Crippen LogP contribution in [0.1, 0.15) is 5.56 Å². The highest BCUT2D eigenvalue weighted by molar-refractivity contribution is 7.86. The summed E-state index contributed by atoms with van der Waals surface area (Å²) in [5, 5.41) is 1.36. The molecular formula is C11H10O6S2. The fourth-order valence-corrected chi connectivity index (χ4v) is 2.31. The first kappa shape index (κ1) is 15.3. The molecule has 0 amide bonds. The first-order chi connectivity index (χ1) is 8.71. The van der Waals surface area contributed by atoms with Crippen molar-refractivity contribution in [2.24, 2.45) is 0 Å². The lowest BCUT2D eigenvalue weighted by Gasteiger charge is -2.04. The van der Waals surface area contributed by atoms with Gasteiger partial charge in [-0.2, -0.15) is 8.42 Å².